The Morgan fingerprint density at radius 3 is 2.74 bits per heavy atom. The molecule has 0 aliphatic carbocycles. The second kappa shape index (κ2) is 9.80. The maximum absolute atomic E-state index is 12.9. The molecule has 3 aromatic rings. The zero-order valence-corrected chi connectivity index (χ0v) is 17.7. The van der Waals surface area contributed by atoms with Gasteiger partial charge in [-0.3, -0.25) is 9.59 Å². The van der Waals surface area contributed by atoms with Gasteiger partial charge in [0.15, 0.2) is 0 Å². The number of nitrogens with one attached hydrogen (secondary N) is 4. The van der Waals surface area contributed by atoms with E-state index in [4.69, 9.17) is 4.74 Å². The standard InChI is InChI=1S/C22H26N6O3/c1-13(2)7-18(21(29)26-14(10-23)8-15-11-24-12-25-15)28-22(30)19-9-16-17(27-19)5-4-6-20(16)31-3/h4-6,9,11-14,18,27H,7-8H2,1-3H3,(H,24,25)(H,26,29)(H,28,30)/t14-,18-/m1/s1. The second-order valence-electron chi connectivity index (χ2n) is 7.73. The average Bonchev–Trinajstić information content (AvgIpc) is 3.41. The van der Waals surface area contributed by atoms with Crippen molar-refractivity contribution in [1.29, 1.82) is 5.26 Å². The van der Waals surface area contributed by atoms with Crippen LogP contribution < -0.4 is 15.4 Å². The maximum Gasteiger partial charge on any atom is 0.268 e. The number of nitriles is 1. The highest BCUT2D eigenvalue weighted by Gasteiger charge is 2.25. The molecule has 9 heteroatoms. The molecule has 31 heavy (non-hydrogen) atoms. The summed E-state index contributed by atoms with van der Waals surface area (Å²) in [5.74, 6) is 0.00915. The van der Waals surface area contributed by atoms with E-state index in [0.717, 1.165) is 16.6 Å². The summed E-state index contributed by atoms with van der Waals surface area (Å²) in [6.45, 7) is 3.93. The number of carbonyl (C=O) groups excluding carboxylic acids is 2. The number of amides is 2. The van der Waals surface area contributed by atoms with Crippen molar-refractivity contribution in [1.82, 2.24) is 25.6 Å². The summed E-state index contributed by atoms with van der Waals surface area (Å²) >= 11 is 0. The summed E-state index contributed by atoms with van der Waals surface area (Å²) in [5, 5.41) is 15.7. The highest BCUT2D eigenvalue weighted by Crippen LogP contribution is 2.26. The number of hydrogen-bond donors (Lipinski definition) is 4. The molecular weight excluding hydrogens is 396 g/mol. The van der Waals surface area contributed by atoms with Gasteiger partial charge in [0.05, 0.1) is 19.5 Å². The Morgan fingerprint density at radius 1 is 1.29 bits per heavy atom. The minimum Gasteiger partial charge on any atom is -0.496 e. The van der Waals surface area contributed by atoms with Crippen molar-refractivity contribution in [2.45, 2.75) is 38.8 Å². The Morgan fingerprint density at radius 2 is 2.10 bits per heavy atom. The first-order valence-corrected chi connectivity index (χ1v) is 10.0. The molecule has 0 aliphatic rings. The molecule has 0 saturated carbocycles. The fourth-order valence-electron chi connectivity index (χ4n) is 3.38. The highest BCUT2D eigenvalue weighted by atomic mass is 16.5. The fraction of sp³-hybridized carbons (Fsp3) is 0.364. The molecule has 0 saturated heterocycles. The van der Waals surface area contributed by atoms with Crippen LogP contribution in [-0.2, 0) is 11.2 Å². The van der Waals surface area contributed by atoms with Crippen molar-refractivity contribution in [3.63, 3.8) is 0 Å². The zero-order valence-electron chi connectivity index (χ0n) is 17.7. The molecule has 3 rings (SSSR count). The van der Waals surface area contributed by atoms with Gasteiger partial charge in [0.1, 0.15) is 23.5 Å². The third kappa shape index (κ3) is 5.42. The van der Waals surface area contributed by atoms with Crippen LogP contribution in [-0.4, -0.2) is 46.0 Å². The van der Waals surface area contributed by atoms with Crippen LogP contribution in [0.5, 0.6) is 5.75 Å². The van der Waals surface area contributed by atoms with Gasteiger partial charge in [-0.05, 0) is 30.5 Å². The number of imidazole rings is 1. The molecule has 2 heterocycles. The summed E-state index contributed by atoms with van der Waals surface area (Å²) in [7, 11) is 1.57. The lowest BCUT2D eigenvalue weighted by Crippen LogP contribution is -2.50. The summed E-state index contributed by atoms with van der Waals surface area (Å²) in [5.41, 5.74) is 1.83. The molecule has 2 aromatic heterocycles. The molecule has 0 bridgehead atoms. The van der Waals surface area contributed by atoms with Gasteiger partial charge in [0.2, 0.25) is 5.91 Å². The normalized spacial score (nSPS) is 12.9. The average molecular weight is 422 g/mol. The minimum atomic E-state index is -0.779. The topological polar surface area (TPSA) is 136 Å². The van der Waals surface area contributed by atoms with Gasteiger partial charge in [-0.2, -0.15) is 5.26 Å². The molecule has 2 atom stereocenters. The van der Waals surface area contributed by atoms with Crippen LogP contribution in [0.15, 0.2) is 36.8 Å². The van der Waals surface area contributed by atoms with E-state index < -0.39 is 23.9 Å². The number of hydrogen-bond acceptors (Lipinski definition) is 5. The molecule has 0 aliphatic heterocycles. The number of nitrogens with zero attached hydrogens (tertiary/aromatic N) is 2. The van der Waals surface area contributed by atoms with E-state index >= 15 is 0 Å². The predicted molar refractivity (Wildman–Crippen MR) is 115 cm³/mol. The lowest BCUT2D eigenvalue weighted by Gasteiger charge is -2.21. The molecule has 1 aromatic carbocycles. The van der Waals surface area contributed by atoms with Crippen LogP contribution >= 0.6 is 0 Å². The summed E-state index contributed by atoms with van der Waals surface area (Å²) < 4.78 is 5.34. The quantitative estimate of drug-likeness (QED) is 0.419. The fourth-order valence-corrected chi connectivity index (χ4v) is 3.38. The Balaban J connectivity index is 1.73. The van der Waals surface area contributed by atoms with Crippen LogP contribution in [0, 0.1) is 17.2 Å². The van der Waals surface area contributed by atoms with Gasteiger partial charge in [0.25, 0.3) is 5.91 Å². The number of aromatic nitrogens is 3. The number of fused-ring (bicyclic) bond motifs is 1. The van der Waals surface area contributed by atoms with E-state index in [2.05, 4.69) is 31.7 Å². The van der Waals surface area contributed by atoms with Gasteiger partial charge in [0, 0.05) is 29.2 Å². The van der Waals surface area contributed by atoms with Crippen LogP contribution in [0.1, 0.15) is 36.5 Å². The smallest absolute Gasteiger partial charge is 0.268 e. The Labute approximate surface area is 180 Å². The van der Waals surface area contributed by atoms with Crippen molar-refractivity contribution < 1.29 is 14.3 Å². The van der Waals surface area contributed by atoms with Crippen molar-refractivity contribution in [2.24, 2.45) is 5.92 Å². The van der Waals surface area contributed by atoms with E-state index in [-0.39, 0.29) is 5.92 Å². The van der Waals surface area contributed by atoms with Gasteiger partial charge >= 0.3 is 0 Å². The van der Waals surface area contributed by atoms with E-state index in [9.17, 15) is 14.9 Å². The lowest BCUT2D eigenvalue weighted by atomic mass is 10.0. The van der Waals surface area contributed by atoms with Crippen LogP contribution in [0.2, 0.25) is 0 Å². The van der Waals surface area contributed by atoms with Crippen LogP contribution in [0.4, 0.5) is 0 Å². The summed E-state index contributed by atoms with van der Waals surface area (Å²) in [4.78, 5) is 35.7. The third-order valence-electron chi connectivity index (χ3n) is 4.87. The van der Waals surface area contributed by atoms with Gasteiger partial charge in [-0.25, -0.2) is 4.98 Å². The molecule has 0 radical (unpaired) electrons. The van der Waals surface area contributed by atoms with Crippen molar-refractivity contribution in [2.75, 3.05) is 7.11 Å². The molecule has 9 nitrogen and oxygen atoms in total. The van der Waals surface area contributed by atoms with E-state index in [1.54, 1.807) is 19.4 Å². The van der Waals surface area contributed by atoms with E-state index in [1.807, 2.05) is 32.0 Å². The monoisotopic (exact) mass is 422 g/mol. The maximum atomic E-state index is 12.9. The molecule has 2 amide bonds. The number of rotatable bonds is 9. The number of ether oxygens (including phenoxy) is 1. The second-order valence-corrected chi connectivity index (χ2v) is 7.73. The summed E-state index contributed by atoms with van der Waals surface area (Å²) in [6.07, 6.45) is 3.85. The van der Waals surface area contributed by atoms with Crippen LogP contribution in [0.3, 0.4) is 0 Å². The first-order valence-electron chi connectivity index (χ1n) is 10.0. The predicted octanol–water partition coefficient (Wildman–Crippen LogP) is 2.30. The molecule has 0 unspecified atom stereocenters. The Bertz CT molecular complexity index is 1080. The first-order chi connectivity index (χ1) is 14.9. The number of carbonyl (C=O) groups is 2. The number of methoxy groups -OCH3 is 1. The van der Waals surface area contributed by atoms with Crippen molar-refractivity contribution in [3.8, 4) is 11.8 Å². The first kappa shape index (κ1) is 21.9. The minimum absolute atomic E-state index is 0.159. The Hall–Kier alpha value is -3.80. The van der Waals surface area contributed by atoms with Gasteiger partial charge in [-0.1, -0.05) is 19.9 Å². The molecular formula is C22H26N6O3. The van der Waals surface area contributed by atoms with Gasteiger partial charge < -0.3 is 25.3 Å². The number of aromatic amines is 2. The molecule has 0 spiro atoms. The zero-order chi connectivity index (χ0) is 22.4. The highest BCUT2D eigenvalue weighted by molar-refractivity contribution is 6.01. The third-order valence-corrected chi connectivity index (χ3v) is 4.87. The molecule has 4 N–H and O–H groups in total. The number of H-pyrrole nitrogens is 2. The Kier molecular flexibility index (Phi) is 6.92. The largest absolute Gasteiger partial charge is 0.496 e. The lowest BCUT2D eigenvalue weighted by molar-refractivity contribution is -0.123. The van der Waals surface area contributed by atoms with E-state index in [0.29, 0.717) is 24.3 Å². The number of benzene rings is 1. The van der Waals surface area contributed by atoms with Crippen LogP contribution in [0.25, 0.3) is 10.9 Å². The SMILES string of the molecule is COc1cccc2[nH]c(C(=O)N[C@H](CC(C)C)C(=O)N[C@@H](C#N)Cc3cnc[nH]3)cc12. The summed E-state index contributed by atoms with van der Waals surface area (Å²) in [6, 6.07) is 7.75. The van der Waals surface area contributed by atoms with Crippen molar-refractivity contribution in [3.05, 3.63) is 48.2 Å². The molecule has 162 valence electrons. The van der Waals surface area contributed by atoms with Gasteiger partial charge in [-0.15, -0.1) is 0 Å². The molecule has 0 fully saturated rings. The van der Waals surface area contributed by atoms with E-state index in [1.165, 1.54) is 6.33 Å². The van der Waals surface area contributed by atoms with Crippen molar-refractivity contribution >= 4 is 22.7 Å².